The molecule has 0 saturated carbocycles. The molecule has 0 radical (unpaired) electrons. The Morgan fingerprint density at radius 3 is 2.07 bits per heavy atom. The summed E-state index contributed by atoms with van der Waals surface area (Å²) in [6.07, 6.45) is 0. The molecule has 2 aromatic carbocycles. The van der Waals surface area contributed by atoms with Crippen molar-refractivity contribution in [3.8, 4) is 0 Å². The van der Waals surface area contributed by atoms with E-state index in [2.05, 4.69) is 34.5 Å². The second-order valence-electron chi connectivity index (χ2n) is 7.26. The lowest BCUT2D eigenvalue weighted by Crippen LogP contribution is -2.48. The lowest BCUT2D eigenvalue weighted by Gasteiger charge is -2.34. The van der Waals surface area contributed by atoms with Gasteiger partial charge in [-0.15, -0.1) is 0 Å². The van der Waals surface area contributed by atoms with Gasteiger partial charge in [-0.1, -0.05) is 30.3 Å². The zero-order valence-corrected chi connectivity index (χ0v) is 16.0. The van der Waals surface area contributed by atoms with Gasteiger partial charge in [0.2, 0.25) is 0 Å². The Balaban J connectivity index is 1.54. The van der Waals surface area contributed by atoms with Crippen LogP contribution in [0.3, 0.4) is 0 Å². The SMILES string of the molecule is CC(C)NC(=O)c1ccc(C(=O)N2CCN(Cc3ccccc3)CC2)cc1. The number of nitrogens with zero attached hydrogens (tertiary/aromatic N) is 2. The Bertz CT molecular complexity index is 764. The van der Waals surface area contributed by atoms with Gasteiger partial charge in [-0.2, -0.15) is 0 Å². The number of rotatable bonds is 5. The Hall–Kier alpha value is -2.66. The summed E-state index contributed by atoms with van der Waals surface area (Å²) in [4.78, 5) is 29.0. The molecule has 0 atom stereocenters. The Morgan fingerprint density at radius 1 is 0.889 bits per heavy atom. The van der Waals surface area contributed by atoms with Crippen LogP contribution in [0.4, 0.5) is 0 Å². The second kappa shape index (κ2) is 8.82. The molecule has 1 heterocycles. The molecule has 1 fully saturated rings. The molecule has 2 aromatic rings. The first-order valence-corrected chi connectivity index (χ1v) is 9.49. The zero-order valence-electron chi connectivity index (χ0n) is 16.0. The van der Waals surface area contributed by atoms with Gasteiger partial charge in [-0.05, 0) is 43.7 Å². The number of carbonyl (C=O) groups is 2. The molecule has 5 nitrogen and oxygen atoms in total. The van der Waals surface area contributed by atoms with E-state index in [1.165, 1.54) is 5.56 Å². The van der Waals surface area contributed by atoms with E-state index in [-0.39, 0.29) is 17.9 Å². The van der Waals surface area contributed by atoms with Gasteiger partial charge in [0, 0.05) is 49.9 Å². The summed E-state index contributed by atoms with van der Waals surface area (Å²) in [5, 5.41) is 2.86. The van der Waals surface area contributed by atoms with Gasteiger partial charge in [0.1, 0.15) is 0 Å². The summed E-state index contributed by atoms with van der Waals surface area (Å²) in [6.45, 7) is 7.95. The van der Waals surface area contributed by atoms with Gasteiger partial charge >= 0.3 is 0 Å². The molecule has 3 rings (SSSR count). The van der Waals surface area contributed by atoms with Gasteiger partial charge in [0.05, 0.1) is 0 Å². The Morgan fingerprint density at radius 2 is 1.48 bits per heavy atom. The summed E-state index contributed by atoms with van der Waals surface area (Å²) >= 11 is 0. The van der Waals surface area contributed by atoms with Gasteiger partial charge in [0.25, 0.3) is 11.8 Å². The van der Waals surface area contributed by atoms with Crippen molar-refractivity contribution >= 4 is 11.8 Å². The number of carbonyl (C=O) groups excluding carboxylic acids is 2. The van der Waals surface area contributed by atoms with Gasteiger partial charge in [-0.3, -0.25) is 14.5 Å². The maximum absolute atomic E-state index is 12.7. The van der Waals surface area contributed by atoms with Crippen LogP contribution in [0.15, 0.2) is 54.6 Å². The highest BCUT2D eigenvalue weighted by Crippen LogP contribution is 2.13. The van der Waals surface area contributed by atoms with E-state index in [9.17, 15) is 9.59 Å². The first-order chi connectivity index (χ1) is 13.0. The summed E-state index contributed by atoms with van der Waals surface area (Å²) in [5.41, 5.74) is 2.51. The van der Waals surface area contributed by atoms with Gasteiger partial charge in [-0.25, -0.2) is 0 Å². The van der Waals surface area contributed by atoms with Crippen molar-refractivity contribution in [2.75, 3.05) is 26.2 Å². The Kier molecular flexibility index (Phi) is 6.24. The van der Waals surface area contributed by atoms with E-state index in [0.29, 0.717) is 11.1 Å². The molecule has 1 saturated heterocycles. The van der Waals surface area contributed by atoms with E-state index >= 15 is 0 Å². The molecular formula is C22H27N3O2. The fraction of sp³-hybridized carbons (Fsp3) is 0.364. The van der Waals surface area contributed by atoms with Crippen LogP contribution < -0.4 is 5.32 Å². The highest BCUT2D eigenvalue weighted by Gasteiger charge is 2.22. The summed E-state index contributed by atoms with van der Waals surface area (Å²) < 4.78 is 0. The number of benzene rings is 2. The predicted molar refractivity (Wildman–Crippen MR) is 107 cm³/mol. The minimum atomic E-state index is -0.112. The first-order valence-electron chi connectivity index (χ1n) is 9.49. The number of hydrogen-bond acceptors (Lipinski definition) is 3. The van der Waals surface area contributed by atoms with Crippen LogP contribution in [0.2, 0.25) is 0 Å². The van der Waals surface area contributed by atoms with E-state index in [1.54, 1.807) is 24.3 Å². The standard InChI is InChI=1S/C22H27N3O2/c1-17(2)23-21(26)19-8-10-20(11-9-19)22(27)25-14-12-24(13-15-25)16-18-6-4-3-5-7-18/h3-11,17H,12-16H2,1-2H3,(H,23,26). The fourth-order valence-electron chi connectivity index (χ4n) is 3.24. The smallest absolute Gasteiger partial charge is 0.253 e. The number of nitrogens with one attached hydrogen (secondary N) is 1. The molecule has 5 heteroatoms. The number of piperazine rings is 1. The van der Waals surface area contributed by atoms with Crippen molar-refractivity contribution in [1.82, 2.24) is 15.1 Å². The third-order valence-corrected chi connectivity index (χ3v) is 4.72. The quantitative estimate of drug-likeness (QED) is 0.886. The van der Waals surface area contributed by atoms with Crippen molar-refractivity contribution in [2.24, 2.45) is 0 Å². The minimum Gasteiger partial charge on any atom is -0.350 e. The molecule has 0 aromatic heterocycles. The summed E-state index contributed by atoms with van der Waals surface area (Å²) in [6, 6.07) is 17.4. The van der Waals surface area contributed by atoms with E-state index in [4.69, 9.17) is 0 Å². The van der Waals surface area contributed by atoms with Crippen LogP contribution >= 0.6 is 0 Å². The van der Waals surface area contributed by atoms with Crippen molar-refractivity contribution in [2.45, 2.75) is 26.4 Å². The van der Waals surface area contributed by atoms with Crippen molar-refractivity contribution in [3.63, 3.8) is 0 Å². The average Bonchev–Trinajstić information content (AvgIpc) is 2.68. The second-order valence-corrected chi connectivity index (χ2v) is 7.26. The van der Waals surface area contributed by atoms with Crippen LogP contribution in [0, 0.1) is 0 Å². The molecule has 142 valence electrons. The van der Waals surface area contributed by atoms with Gasteiger partial charge in [0.15, 0.2) is 0 Å². The molecule has 2 amide bonds. The molecule has 0 bridgehead atoms. The molecule has 1 aliphatic rings. The molecule has 0 unspecified atom stereocenters. The fourth-order valence-corrected chi connectivity index (χ4v) is 3.24. The third kappa shape index (κ3) is 5.17. The molecule has 27 heavy (non-hydrogen) atoms. The molecular weight excluding hydrogens is 338 g/mol. The van der Waals surface area contributed by atoms with Crippen molar-refractivity contribution < 1.29 is 9.59 Å². The predicted octanol–water partition coefficient (Wildman–Crippen LogP) is 2.78. The van der Waals surface area contributed by atoms with Crippen LogP contribution in [0.1, 0.15) is 40.1 Å². The van der Waals surface area contributed by atoms with Crippen LogP contribution in [-0.4, -0.2) is 53.8 Å². The average molecular weight is 365 g/mol. The number of hydrogen-bond donors (Lipinski definition) is 1. The molecule has 1 N–H and O–H groups in total. The van der Waals surface area contributed by atoms with Crippen LogP contribution in [0.5, 0.6) is 0 Å². The van der Waals surface area contributed by atoms with Crippen molar-refractivity contribution in [3.05, 3.63) is 71.3 Å². The first kappa shape index (κ1) is 19.1. The summed E-state index contributed by atoms with van der Waals surface area (Å²) in [7, 11) is 0. The monoisotopic (exact) mass is 365 g/mol. The van der Waals surface area contributed by atoms with E-state index in [0.717, 1.165) is 32.7 Å². The molecule has 0 aliphatic carbocycles. The number of amides is 2. The lowest BCUT2D eigenvalue weighted by atomic mass is 10.1. The lowest BCUT2D eigenvalue weighted by molar-refractivity contribution is 0.0628. The largest absolute Gasteiger partial charge is 0.350 e. The Labute approximate surface area is 161 Å². The maximum atomic E-state index is 12.7. The minimum absolute atomic E-state index is 0.0326. The van der Waals surface area contributed by atoms with E-state index in [1.807, 2.05) is 24.8 Å². The van der Waals surface area contributed by atoms with Crippen molar-refractivity contribution in [1.29, 1.82) is 0 Å². The van der Waals surface area contributed by atoms with Gasteiger partial charge < -0.3 is 10.2 Å². The zero-order chi connectivity index (χ0) is 19.2. The highest BCUT2D eigenvalue weighted by atomic mass is 16.2. The molecule has 0 spiro atoms. The highest BCUT2D eigenvalue weighted by molar-refractivity contribution is 5.97. The maximum Gasteiger partial charge on any atom is 0.253 e. The summed E-state index contributed by atoms with van der Waals surface area (Å²) in [5.74, 6) is -0.0799. The van der Waals surface area contributed by atoms with E-state index < -0.39 is 0 Å². The topological polar surface area (TPSA) is 52.7 Å². The van der Waals surface area contributed by atoms with Crippen LogP contribution in [-0.2, 0) is 6.54 Å². The normalized spacial score (nSPS) is 15.0. The molecule has 1 aliphatic heterocycles. The van der Waals surface area contributed by atoms with Crippen LogP contribution in [0.25, 0.3) is 0 Å². The third-order valence-electron chi connectivity index (χ3n) is 4.72.